The van der Waals surface area contributed by atoms with Gasteiger partial charge in [0.25, 0.3) is 0 Å². The lowest BCUT2D eigenvalue weighted by molar-refractivity contribution is 0.223. The Labute approximate surface area is 102 Å². The molecule has 4 heteroatoms. The van der Waals surface area contributed by atoms with E-state index in [1.807, 2.05) is 13.8 Å². The number of benzene rings is 1. The summed E-state index contributed by atoms with van der Waals surface area (Å²) in [4.78, 5) is 0. The molecule has 0 saturated carbocycles. The van der Waals surface area contributed by atoms with Gasteiger partial charge in [-0.2, -0.15) is 0 Å². The van der Waals surface area contributed by atoms with Gasteiger partial charge in [-0.05, 0) is 33.8 Å². The van der Waals surface area contributed by atoms with Gasteiger partial charge in [-0.1, -0.05) is 0 Å². The average molecular weight is 241 g/mol. The van der Waals surface area contributed by atoms with Crippen molar-refractivity contribution >= 4 is 0 Å². The summed E-state index contributed by atoms with van der Waals surface area (Å²) in [6.45, 7) is 7.40. The zero-order chi connectivity index (χ0) is 13.2. The molecule has 3 nitrogen and oxygen atoms in total. The summed E-state index contributed by atoms with van der Waals surface area (Å²) < 4.78 is 24.3. The number of hydrogen-bond donors (Lipinski definition) is 1. The summed E-state index contributed by atoms with van der Waals surface area (Å²) in [5.41, 5.74) is 5.93. The van der Waals surface area contributed by atoms with E-state index in [9.17, 15) is 4.39 Å². The van der Waals surface area contributed by atoms with Gasteiger partial charge in [-0.25, -0.2) is 4.39 Å². The van der Waals surface area contributed by atoms with Crippen molar-refractivity contribution in [3.63, 3.8) is 0 Å². The predicted molar refractivity (Wildman–Crippen MR) is 65.9 cm³/mol. The third-order valence-electron chi connectivity index (χ3n) is 2.29. The van der Waals surface area contributed by atoms with Gasteiger partial charge in [-0.3, -0.25) is 0 Å². The van der Waals surface area contributed by atoms with E-state index >= 15 is 0 Å². The SMILES string of the molecule is COc1cc(F)cc(C(C)(C)N)c1OC(C)C. The summed E-state index contributed by atoms with van der Waals surface area (Å²) in [5.74, 6) is 0.495. The Morgan fingerprint density at radius 1 is 1.29 bits per heavy atom. The van der Waals surface area contributed by atoms with Crippen molar-refractivity contribution in [2.45, 2.75) is 39.3 Å². The molecule has 2 N–H and O–H groups in total. The molecule has 0 radical (unpaired) electrons. The third kappa shape index (κ3) is 3.33. The van der Waals surface area contributed by atoms with Gasteiger partial charge in [-0.15, -0.1) is 0 Å². The van der Waals surface area contributed by atoms with E-state index < -0.39 is 5.54 Å². The zero-order valence-corrected chi connectivity index (χ0v) is 11.0. The molecule has 0 bridgehead atoms. The van der Waals surface area contributed by atoms with Crippen LogP contribution in [0.25, 0.3) is 0 Å². The van der Waals surface area contributed by atoms with Crippen LogP contribution in [-0.2, 0) is 5.54 Å². The van der Waals surface area contributed by atoms with E-state index in [0.29, 0.717) is 17.1 Å². The first-order valence-electron chi connectivity index (χ1n) is 5.59. The fourth-order valence-electron chi connectivity index (χ4n) is 1.56. The number of nitrogens with two attached hydrogens (primary N) is 1. The number of ether oxygens (including phenoxy) is 2. The van der Waals surface area contributed by atoms with Crippen molar-refractivity contribution in [2.75, 3.05) is 7.11 Å². The van der Waals surface area contributed by atoms with E-state index in [2.05, 4.69) is 0 Å². The van der Waals surface area contributed by atoms with Crippen LogP contribution >= 0.6 is 0 Å². The molecule has 96 valence electrons. The highest BCUT2D eigenvalue weighted by Gasteiger charge is 2.24. The van der Waals surface area contributed by atoms with Crippen LogP contribution in [0.4, 0.5) is 4.39 Å². The maximum atomic E-state index is 13.5. The molecule has 0 aromatic heterocycles. The van der Waals surface area contributed by atoms with E-state index in [1.54, 1.807) is 13.8 Å². The van der Waals surface area contributed by atoms with Gasteiger partial charge in [0, 0.05) is 17.2 Å². The first-order valence-corrected chi connectivity index (χ1v) is 5.59. The van der Waals surface area contributed by atoms with Crippen LogP contribution in [0.15, 0.2) is 12.1 Å². The summed E-state index contributed by atoms with van der Waals surface area (Å²) in [6, 6.07) is 2.69. The second-order valence-corrected chi connectivity index (χ2v) is 4.87. The molecule has 1 aromatic rings. The van der Waals surface area contributed by atoms with Crippen molar-refractivity contribution in [1.82, 2.24) is 0 Å². The Morgan fingerprint density at radius 3 is 2.29 bits per heavy atom. The first kappa shape index (κ1) is 13.8. The van der Waals surface area contributed by atoms with Gasteiger partial charge in [0.15, 0.2) is 11.5 Å². The largest absolute Gasteiger partial charge is 0.493 e. The molecule has 0 aliphatic rings. The molecule has 0 spiro atoms. The van der Waals surface area contributed by atoms with Crippen molar-refractivity contribution < 1.29 is 13.9 Å². The van der Waals surface area contributed by atoms with Gasteiger partial charge in [0.05, 0.1) is 13.2 Å². The minimum Gasteiger partial charge on any atom is -0.493 e. The molecular formula is C13H20FNO2. The van der Waals surface area contributed by atoms with E-state index in [4.69, 9.17) is 15.2 Å². The van der Waals surface area contributed by atoms with Gasteiger partial charge in [0.1, 0.15) is 5.82 Å². The second kappa shape index (κ2) is 4.92. The van der Waals surface area contributed by atoms with Crippen LogP contribution in [-0.4, -0.2) is 13.2 Å². The average Bonchev–Trinajstić information content (AvgIpc) is 2.17. The summed E-state index contributed by atoms with van der Waals surface area (Å²) in [7, 11) is 1.48. The Morgan fingerprint density at radius 2 is 1.88 bits per heavy atom. The lowest BCUT2D eigenvalue weighted by Crippen LogP contribution is -2.30. The molecule has 0 fully saturated rings. The molecule has 1 rings (SSSR count). The number of halogens is 1. The fourth-order valence-corrected chi connectivity index (χ4v) is 1.56. The van der Waals surface area contributed by atoms with Crippen molar-refractivity contribution in [3.8, 4) is 11.5 Å². The standard InChI is InChI=1S/C13H20FNO2/c1-8(2)17-12-10(13(3,4)15)6-9(14)7-11(12)16-5/h6-8H,15H2,1-5H3. The number of methoxy groups -OCH3 is 1. The quantitative estimate of drug-likeness (QED) is 0.881. The molecular weight excluding hydrogens is 221 g/mol. The molecule has 0 saturated heterocycles. The monoisotopic (exact) mass is 241 g/mol. The van der Waals surface area contributed by atoms with Crippen LogP contribution < -0.4 is 15.2 Å². The number of hydrogen-bond acceptors (Lipinski definition) is 3. The molecule has 0 aliphatic heterocycles. The fraction of sp³-hybridized carbons (Fsp3) is 0.538. The highest BCUT2D eigenvalue weighted by atomic mass is 19.1. The lowest BCUT2D eigenvalue weighted by Gasteiger charge is -2.25. The Balaban J connectivity index is 3.39. The van der Waals surface area contributed by atoms with Crippen LogP contribution in [0.1, 0.15) is 33.3 Å². The number of rotatable bonds is 4. The van der Waals surface area contributed by atoms with Crippen LogP contribution in [0, 0.1) is 5.82 Å². The van der Waals surface area contributed by atoms with Crippen LogP contribution in [0.2, 0.25) is 0 Å². The van der Waals surface area contributed by atoms with Crippen molar-refractivity contribution in [1.29, 1.82) is 0 Å². The first-order chi connectivity index (χ1) is 7.75. The summed E-state index contributed by atoms with van der Waals surface area (Å²) >= 11 is 0. The predicted octanol–water partition coefficient (Wildman–Crippen LogP) is 2.82. The maximum absolute atomic E-state index is 13.5. The summed E-state index contributed by atoms with van der Waals surface area (Å²) in [5, 5.41) is 0. The highest BCUT2D eigenvalue weighted by Crippen LogP contribution is 2.38. The molecule has 17 heavy (non-hydrogen) atoms. The van der Waals surface area contributed by atoms with Crippen LogP contribution in [0.3, 0.4) is 0 Å². The van der Waals surface area contributed by atoms with Gasteiger partial charge in [0.2, 0.25) is 0 Å². The normalized spacial score (nSPS) is 11.8. The minimum absolute atomic E-state index is 0.0320. The Bertz CT molecular complexity index is 397. The topological polar surface area (TPSA) is 44.5 Å². The molecule has 1 aromatic carbocycles. The van der Waals surface area contributed by atoms with E-state index in [1.165, 1.54) is 19.2 Å². The summed E-state index contributed by atoms with van der Waals surface area (Å²) in [6.07, 6.45) is -0.0320. The molecule has 0 atom stereocenters. The van der Waals surface area contributed by atoms with Crippen molar-refractivity contribution in [3.05, 3.63) is 23.5 Å². The molecule has 0 aliphatic carbocycles. The van der Waals surface area contributed by atoms with Gasteiger partial charge < -0.3 is 15.2 Å². The lowest BCUT2D eigenvalue weighted by atomic mass is 9.94. The van der Waals surface area contributed by atoms with E-state index in [-0.39, 0.29) is 11.9 Å². The Hall–Kier alpha value is -1.29. The molecule has 0 heterocycles. The third-order valence-corrected chi connectivity index (χ3v) is 2.29. The van der Waals surface area contributed by atoms with Crippen molar-refractivity contribution in [2.24, 2.45) is 5.73 Å². The molecule has 0 unspecified atom stereocenters. The van der Waals surface area contributed by atoms with Gasteiger partial charge >= 0.3 is 0 Å². The minimum atomic E-state index is -0.695. The zero-order valence-electron chi connectivity index (χ0n) is 11.0. The second-order valence-electron chi connectivity index (χ2n) is 4.87. The van der Waals surface area contributed by atoms with Crippen LogP contribution in [0.5, 0.6) is 11.5 Å². The Kier molecular flexibility index (Phi) is 3.98. The smallest absolute Gasteiger partial charge is 0.166 e. The van der Waals surface area contributed by atoms with E-state index in [0.717, 1.165) is 0 Å². The molecule has 0 amide bonds. The highest BCUT2D eigenvalue weighted by molar-refractivity contribution is 5.50. The maximum Gasteiger partial charge on any atom is 0.166 e.